The smallest absolute Gasteiger partial charge is 0.336 e. The largest absolute Gasteiger partial charge is 0.478 e. The number of thiophene rings is 1. The van der Waals surface area contributed by atoms with E-state index in [0.29, 0.717) is 12.0 Å². The van der Waals surface area contributed by atoms with Crippen LogP contribution in [0.4, 0.5) is 11.4 Å². The van der Waals surface area contributed by atoms with Gasteiger partial charge < -0.3 is 10.0 Å². The fraction of sp³-hybridized carbons (Fsp3) is 0.300. The Morgan fingerprint density at radius 1 is 0.857 bits per heavy atom. The molecule has 9 rings (SSSR count). The van der Waals surface area contributed by atoms with Crippen LogP contribution < -0.4 is 4.90 Å². The Morgan fingerprint density at radius 3 is 2.41 bits per heavy atom. The van der Waals surface area contributed by atoms with Gasteiger partial charge in [-0.1, -0.05) is 101 Å². The van der Waals surface area contributed by atoms with Crippen LogP contribution in [0.25, 0.3) is 27.6 Å². The molecule has 1 fully saturated rings. The number of rotatable bonds is 11. The van der Waals surface area contributed by atoms with Gasteiger partial charge in [0.05, 0.1) is 11.1 Å². The van der Waals surface area contributed by atoms with E-state index in [2.05, 4.69) is 92.4 Å². The van der Waals surface area contributed by atoms with Crippen molar-refractivity contribution in [1.29, 1.82) is 0 Å². The molecule has 2 atom stereocenters. The first-order valence-electron chi connectivity index (χ1n) is 20.4. The number of benzene rings is 4. The van der Waals surface area contributed by atoms with Gasteiger partial charge in [0.25, 0.3) is 0 Å². The van der Waals surface area contributed by atoms with Crippen LogP contribution in [0, 0.1) is 6.92 Å². The van der Waals surface area contributed by atoms with E-state index < -0.39 is 17.5 Å². The molecule has 1 aromatic heterocycles. The number of anilines is 2. The zero-order chi connectivity index (χ0) is 38.7. The molecule has 2 unspecified atom stereocenters. The molecule has 3 aliphatic carbocycles. The standard InChI is InChI=1S/C50H47NO4S/c1-4-6-25-50(26-7-5-2)40-18-9-8-13-33(40)38-29-32(22-23-41(38)50)51-42-19-11-14-34(42)39-28-31(21-24-43(39)51)45-27-30(3)44(56-45)20-12-17-37-47(52)35-15-10-16-36(49(54)55)46(35)48(37)53/h8-10,12-13,15-18,20-24,27-29,34,42H,4-7,11,14,19,25-26H2,1-3H3,(H,54,55)/b20-12+,37-17-. The summed E-state index contributed by atoms with van der Waals surface area (Å²) in [6.07, 6.45) is 16.1. The first-order valence-corrected chi connectivity index (χ1v) is 21.2. The molecule has 5 nitrogen and oxygen atoms in total. The maximum absolute atomic E-state index is 13.1. The van der Waals surface area contributed by atoms with Crippen molar-refractivity contribution >= 4 is 46.3 Å². The fourth-order valence-electron chi connectivity index (χ4n) is 10.3. The highest BCUT2D eigenvalue weighted by molar-refractivity contribution is 7.16. The van der Waals surface area contributed by atoms with E-state index in [1.54, 1.807) is 17.4 Å². The number of hydrogen-bond donors (Lipinski definition) is 1. The summed E-state index contributed by atoms with van der Waals surface area (Å²) < 4.78 is 0. The molecule has 0 bridgehead atoms. The highest BCUT2D eigenvalue weighted by Gasteiger charge is 2.45. The van der Waals surface area contributed by atoms with E-state index in [0.717, 1.165) is 10.4 Å². The number of ketones is 2. The maximum Gasteiger partial charge on any atom is 0.336 e. The van der Waals surface area contributed by atoms with Gasteiger partial charge in [-0.05, 0) is 120 Å². The predicted octanol–water partition coefficient (Wildman–Crippen LogP) is 12.9. The molecular formula is C50H47NO4S. The van der Waals surface area contributed by atoms with Gasteiger partial charge in [0.1, 0.15) is 0 Å². The Labute approximate surface area is 333 Å². The number of carbonyl (C=O) groups excluding carboxylic acids is 2. The Bertz CT molecular complexity index is 2490. The zero-order valence-electron chi connectivity index (χ0n) is 32.4. The minimum Gasteiger partial charge on any atom is -0.478 e. The first kappa shape index (κ1) is 36.3. The lowest BCUT2D eigenvalue weighted by molar-refractivity contribution is 0.0692. The Hall–Kier alpha value is -5.33. The van der Waals surface area contributed by atoms with Crippen molar-refractivity contribution in [1.82, 2.24) is 0 Å². The second-order valence-electron chi connectivity index (χ2n) is 16.1. The third-order valence-corrected chi connectivity index (χ3v) is 14.2. The second kappa shape index (κ2) is 14.3. The highest BCUT2D eigenvalue weighted by atomic mass is 32.1. The monoisotopic (exact) mass is 757 g/mol. The summed E-state index contributed by atoms with van der Waals surface area (Å²) in [7, 11) is 0. The lowest BCUT2D eigenvalue weighted by atomic mass is 9.71. The highest BCUT2D eigenvalue weighted by Crippen LogP contribution is 2.57. The average molecular weight is 758 g/mol. The number of fused-ring (bicyclic) bond motifs is 7. The zero-order valence-corrected chi connectivity index (χ0v) is 33.2. The number of hydrogen-bond acceptors (Lipinski definition) is 5. The summed E-state index contributed by atoms with van der Waals surface area (Å²) in [5.74, 6) is -1.69. The van der Waals surface area contributed by atoms with Crippen molar-refractivity contribution in [3.05, 3.63) is 146 Å². The molecule has 0 radical (unpaired) electrons. The number of allylic oxidation sites excluding steroid dienone is 3. The third kappa shape index (κ3) is 5.67. The van der Waals surface area contributed by atoms with Crippen LogP contribution in [0.3, 0.4) is 0 Å². The van der Waals surface area contributed by atoms with Crippen molar-refractivity contribution < 1.29 is 19.5 Å². The summed E-state index contributed by atoms with van der Waals surface area (Å²) in [5.41, 5.74) is 12.4. The minimum absolute atomic E-state index is 0.00596. The van der Waals surface area contributed by atoms with E-state index >= 15 is 0 Å². The predicted molar refractivity (Wildman–Crippen MR) is 228 cm³/mol. The van der Waals surface area contributed by atoms with Crippen molar-refractivity contribution in [3.63, 3.8) is 0 Å². The van der Waals surface area contributed by atoms with Gasteiger partial charge >= 0.3 is 5.97 Å². The molecule has 2 heterocycles. The van der Waals surface area contributed by atoms with Gasteiger partial charge in [-0.25, -0.2) is 4.79 Å². The van der Waals surface area contributed by atoms with Gasteiger partial charge in [0, 0.05) is 49.6 Å². The van der Waals surface area contributed by atoms with Crippen LogP contribution >= 0.6 is 11.3 Å². The van der Waals surface area contributed by atoms with E-state index in [1.165, 1.54) is 132 Å². The summed E-state index contributed by atoms with van der Waals surface area (Å²) in [6.45, 7) is 6.71. The van der Waals surface area contributed by atoms with Gasteiger partial charge in [-0.15, -0.1) is 11.3 Å². The van der Waals surface area contributed by atoms with Crippen LogP contribution in [0.15, 0.2) is 103 Å². The second-order valence-corrected chi connectivity index (χ2v) is 17.2. The number of unbranched alkanes of at least 4 members (excludes halogenated alkanes) is 2. The number of carbonyl (C=O) groups is 3. The van der Waals surface area contributed by atoms with Crippen LogP contribution in [0.2, 0.25) is 0 Å². The fourth-order valence-corrected chi connectivity index (χ4v) is 11.4. The minimum atomic E-state index is -1.22. The molecule has 1 saturated carbocycles. The number of Topliss-reactive ketones (excluding diaryl/α,β-unsaturated/α-hetero) is 2. The third-order valence-electron chi connectivity index (χ3n) is 12.9. The maximum atomic E-state index is 13.1. The summed E-state index contributed by atoms with van der Waals surface area (Å²) in [4.78, 5) is 42.8. The van der Waals surface area contributed by atoms with E-state index in [9.17, 15) is 19.5 Å². The van der Waals surface area contributed by atoms with Gasteiger partial charge in [-0.2, -0.15) is 0 Å². The lowest BCUT2D eigenvalue weighted by Crippen LogP contribution is -2.27. The first-order chi connectivity index (χ1) is 27.3. The van der Waals surface area contributed by atoms with E-state index in [-0.39, 0.29) is 27.7 Å². The van der Waals surface area contributed by atoms with E-state index in [1.807, 2.05) is 6.08 Å². The Balaban J connectivity index is 1.02. The summed E-state index contributed by atoms with van der Waals surface area (Å²) >= 11 is 1.70. The Morgan fingerprint density at radius 2 is 1.62 bits per heavy atom. The molecule has 0 amide bonds. The summed E-state index contributed by atoms with van der Waals surface area (Å²) in [6, 6.07) is 30.7. The van der Waals surface area contributed by atoms with Crippen LogP contribution in [0.5, 0.6) is 0 Å². The molecule has 5 aromatic rings. The topological polar surface area (TPSA) is 74.7 Å². The molecule has 4 aliphatic rings. The number of nitrogens with zero attached hydrogens (tertiary/aromatic N) is 1. The van der Waals surface area contributed by atoms with Gasteiger partial charge in [0.2, 0.25) is 0 Å². The summed E-state index contributed by atoms with van der Waals surface area (Å²) in [5, 5.41) is 9.57. The normalized spacial score (nSPS) is 19.5. The van der Waals surface area contributed by atoms with Crippen LogP contribution in [-0.4, -0.2) is 28.7 Å². The van der Waals surface area contributed by atoms with Crippen LogP contribution in [-0.2, 0) is 5.41 Å². The number of aryl methyl sites for hydroxylation is 1. The quantitative estimate of drug-likeness (QED) is 0.107. The lowest BCUT2D eigenvalue weighted by Gasteiger charge is -2.33. The molecule has 0 spiro atoms. The van der Waals surface area contributed by atoms with Crippen molar-refractivity contribution in [2.75, 3.05) is 4.90 Å². The van der Waals surface area contributed by atoms with Crippen molar-refractivity contribution in [2.24, 2.45) is 0 Å². The number of carboxylic acid groups (broad SMARTS) is 1. The molecule has 282 valence electrons. The number of carboxylic acids is 1. The van der Waals surface area contributed by atoms with Crippen molar-refractivity contribution in [3.8, 4) is 21.6 Å². The Kier molecular flexibility index (Phi) is 9.28. The SMILES string of the molecule is CCCCC1(CCCC)c2ccccc2-c2cc(N3c4ccc(-c5cc(C)c(/C=C/C=C6/C(=O)c7cccc(C(=O)O)c7C6=O)s5)cc4C4CCCC43)ccc21. The molecule has 0 saturated heterocycles. The van der Waals surface area contributed by atoms with E-state index in [4.69, 9.17) is 0 Å². The molecule has 6 heteroatoms. The van der Waals surface area contributed by atoms with Crippen LogP contribution in [0.1, 0.15) is 136 Å². The molecule has 4 aromatic carbocycles. The van der Waals surface area contributed by atoms with Gasteiger partial charge in [-0.3, -0.25) is 9.59 Å². The average Bonchev–Trinajstić information content (AvgIpc) is 4.01. The molecular weight excluding hydrogens is 711 g/mol. The number of aromatic carboxylic acids is 1. The molecule has 1 N–H and O–H groups in total. The molecule has 56 heavy (non-hydrogen) atoms. The van der Waals surface area contributed by atoms with Crippen molar-refractivity contribution in [2.45, 2.75) is 95.9 Å². The molecule has 1 aliphatic heterocycles. The van der Waals surface area contributed by atoms with Gasteiger partial charge in [0.15, 0.2) is 11.6 Å².